The van der Waals surface area contributed by atoms with Crippen LogP contribution in [0, 0.1) is 0 Å². The summed E-state index contributed by atoms with van der Waals surface area (Å²) in [7, 11) is -3.42. The lowest BCUT2D eigenvalue weighted by molar-refractivity contribution is -0.116. The third-order valence-electron chi connectivity index (χ3n) is 3.95. The molecule has 0 unspecified atom stereocenters. The van der Waals surface area contributed by atoms with Crippen molar-refractivity contribution in [3.8, 4) is 0 Å². The van der Waals surface area contributed by atoms with Crippen molar-refractivity contribution >= 4 is 33.2 Å². The van der Waals surface area contributed by atoms with Crippen LogP contribution in [0.1, 0.15) is 30.5 Å². The van der Waals surface area contributed by atoms with Crippen molar-refractivity contribution in [3.05, 3.63) is 40.5 Å². The van der Waals surface area contributed by atoms with Crippen molar-refractivity contribution in [2.75, 3.05) is 11.1 Å². The van der Waals surface area contributed by atoms with E-state index >= 15 is 0 Å². The van der Waals surface area contributed by atoms with Crippen molar-refractivity contribution in [2.45, 2.75) is 37.0 Å². The van der Waals surface area contributed by atoms with Crippen LogP contribution in [-0.4, -0.2) is 25.2 Å². The molecule has 6 nitrogen and oxygen atoms in total. The van der Waals surface area contributed by atoms with Crippen molar-refractivity contribution in [2.24, 2.45) is 0 Å². The van der Waals surface area contributed by atoms with Gasteiger partial charge in [-0.05, 0) is 49.9 Å². The molecule has 0 aliphatic heterocycles. The lowest BCUT2D eigenvalue weighted by Crippen LogP contribution is -2.14. The number of halogens is 1. The summed E-state index contributed by atoms with van der Waals surface area (Å²) in [6, 6.07) is 6.00. The van der Waals surface area contributed by atoms with Crippen molar-refractivity contribution < 1.29 is 17.7 Å². The summed E-state index contributed by atoms with van der Waals surface area (Å²) in [5.41, 5.74) is 1.85. The quantitative estimate of drug-likeness (QED) is 0.846. The molecule has 1 aromatic carbocycles. The highest BCUT2D eigenvalue weighted by Crippen LogP contribution is 2.28. The Hall–Kier alpha value is -1.86. The predicted octanol–water partition coefficient (Wildman–Crippen LogP) is 3.01. The maximum absolute atomic E-state index is 12.2. The fourth-order valence-corrected chi connectivity index (χ4v) is 4.14. The molecule has 1 N–H and O–H groups in total. The fourth-order valence-electron chi connectivity index (χ4n) is 2.70. The number of carbonyl (C=O) groups is 1. The fraction of sp³-hybridized carbons (Fsp3) is 0.375. The second-order valence-corrected chi connectivity index (χ2v) is 8.26. The minimum Gasteiger partial charge on any atom is -0.338 e. The normalized spacial score (nSPS) is 13.7. The van der Waals surface area contributed by atoms with Gasteiger partial charge in [-0.25, -0.2) is 8.42 Å². The molecule has 1 aliphatic rings. The molecular formula is C16H17ClN2O4S. The Morgan fingerprint density at radius 3 is 2.75 bits per heavy atom. The zero-order chi connectivity index (χ0) is 17.2. The van der Waals surface area contributed by atoms with Crippen LogP contribution >= 0.6 is 11.6 Å². The van der Waals surface area contributed by atoms with Crippen molar-refractivity contribution in [3.63, 3.8) is 0 Å². The Labute approximate surface area is 145 Å². The van der Waals surface area contributed by atoms with Gasteiger partial charge in [0.1, 0.15) is 0 Å². The third kappa shape index (κ3) is 3.79. The van der Waals surface area contributed by atoms with Gasteiger partial charge in [-0.2, -0.15) is 0 Å². The van der Waals surface area contributed by atoms with E-state index in [0.29, 0.717) is 10.9 Å². The summed E-state index contributed by atoms with van der Waals surface area (Å²) in [4.78, 5) is 12.2. The van der Waals surface area contributed by atoms with Gasteiger partial charge in [0.2, 0.25) is 11.8 Å². The van der Waals surface area contributed by atoms with E-state index in [-0.39, 0.29) is 29.4 Å². The zero-order valence-electron chi connectivity index (χ0n) is 12.9. The van der Waals surface area contributed by atoms with Gasteiger partial charge >= 0.3 is 0 Å². The summed E-state index contributed by atoms with van der Waals surface area (Å²) >= 11 is 5.75. The standard InChI is InChI=1S/C16H17ClN2O4S/c17-11-6-8-12(9-7-11)24(21,22)10-2-5-15(20)18-16-13-3-1-4-14(13)19-23-16/h6-9H,1-5,10H2,(H,18,20). The van der Waals surface area contributed by atoms with E-state index in [4.69, 9.17) is 16.1 Å². The number of hydrogen-bond donors (Lipinski definition) is 1. The Kier molecular flexibility index (Phi) is 4.91. The number of rotatable bonds is 6. The maximum atomic E-state index is 12.2. The van der Waals surface area contributed by atoms with E-state index in [9.17, 15) is 13.2 Å². The average molecular weight is 369 g/mol. The Balaban J connectivity index is 1.52. The minimum atomic E-state index is -3.42. The van der Waals surface area contributed by atoms with Crippen molar-refractivity contribution in [1.82, 2.24) is 5.16 Å². The Bertz CT molecular complexity index is 843. The van der Waals surface area contributed by atoms with Gasteiger partial charge in [-0.15, -0.1) is 0 Å². The van der Waals surface area contributed by atoms with Gasteiger partial charge in [-0.3, -0.25) is 10.1 Å². The number of hydrogen-bond acceptors (Lipinski definition) is 5. The number of aryl methyl sites for hydroxylation is 1. The number of anilines is 1. The number of benzene rings is 1. The molecule has 0 fully saturated rings. The van der Waals surface area contributed by atoms with E-state index in [1.54, 1.807) is 0 Å². The minimum absolute atomic E-state index is 0.0995. The number of carbonyl (C=O) groups excluding carboxylic acids is 1. The molecule has 24 heavy (non-hydrogen) atoms. The van der Waals surface area contributed by atoms with Gasteiger partial charge in [0.15, 0.2) is 9.84 Å². The van der Waals surface area contributed by atoms with Crippen LogP contribution in [0.25, 0.3) is 0 Å². The number of aromatic nitrogens is 1. The Morgan fingerprint density at radius 1 is 1.25 bits per heavy atom. The van der Waals surface area contributed by atoms with Crippen LogP contribution in [0.5, 0.6) is 0 Å². The molecule has 0 saturated carbocycles. The van der Waals surface area contributed by atoms with Crippen LogP contribution in [0.4, 0.5) is 5.88 Å². The van der Waals surface area contributed by atoms with E-state index in [1.807, 2.05) is 0 Å². The molecule has 1 aromatic heterocycles. The summed E-state index contributed by atoms with van der Waals surface area (Å²) in [6.07, 6.45) is 3.05. The lowest BCUT2D eigenvalue weighted by atomic mass is 10.2. The van der Waals surface area contributed by atoms with Crippen LogP contribution in [0.2, 0.25) is 5.02 Å². The first-order chi connectivity index (χ1) is 11.5. The van der Waals surface area contributed by atoms with Crippen LogP contribution in [0.3, 0.4) is 0 Å². The lowest BCUT2D eigenvalue weighted by Gasteiger charge is -2.05. The first-order valence-corrected chi connectivity index (χ1v) is 9.74. The number of amides is 1. The van der Waals surface area contributed by atoms with Crippen LogP contribution in [0.15, 0.2) is 33.7 Å². The van der Waals surface area contributed by atoms with E-state index in [0.717, 1.165) is 30.5 Å². The SMILES string of the molecule is O=C(CCCS(=O)(=O)c1ccc(Cl)cc1)Nc1onc2c1CCC2. The van der Waals surface area contributed by atoms with Gasteiger partial charge in [0, 0.05) is 17.0 Å². The highest BCUT2D eigenvalue weighted by molar-refractivity contribution is 7.91. The van der Waals surface area contributed by atoms with Crippen LogP contribution in [-0.2, 0) is 27.5 Å². The molecule has 1 aliphatic carbocycles. The van der Waals surface area contributed by atoms with E-state index < -0.39 is 9.84 Å². The van der Waals surface area contributed by atoms with Gasteiger partial charge in [0.05, 0.1) is 16.3 Å². The first-order valence-electron chi connectivity index (χ1n) is 7.71. The highest BCUT2D eigenvalue weighted by atomic mass is 35.5. The average Bonchev–Trinajstić information content (AvgIpc) is 3.13. The zero-order valence-corrected chi connectivity index (χ0v) is 14.5. The summed E-state index contributed by atoms with van der Waals surface area (Å²) in [5.74, 6) is 0.0246. The topological polar surface area (TPSA) is 89.3 Å². The molecule has 8 heteroatoms. The van der Waals surface area contributed by atoms with E-state index in [1.165, 1.54) is 24.3 Å². The summed E-state index contributed by atoms with van der Waals surface area (Å²) in [5, 5.41) is 7.07. The van der Waals surface area contributed by atoms with Gasteiger partial charge in [0.25, 0.3) is 0 Å². The second kappa shape index (κ2) is 6.94. The molecule has 3 rings (SSSR count). The molecule has 2 aromatic rings. The second-order valence-electron chi connectivity index (χ2n) is 5.72. The molecule has 1 amide bonds. The van der Waals surface area contributed by atoms with Crippen LogP contribution < -0.4 is 5.32 Å². The molecular weight excluding hydrogens is 352 g/mol. The monoisotopic (exact) mass is 368 g/mol. The highest BCUT2D eigenvalue weighted by Gasteiger charge is 2.22. The number of fused-ring (bicyclic) bond motifs is 1. The molecule has 0 radical (unpaired) electrons. The maximum Gasteiger partial charge on any atom is 0.234 e. The van der Waals surface area contributed by atoms with Gasteiger partial charge < -0.3 is 4.52 Å². The number of sulfone groups is 1. The molecule has 0 saturated heterocycles. The largest absolute Gasteiger partial charge is 0.338 e. The Morgan fingerprint density at radius 2 is 2.00 bits per heavy atom. The van der Waals surface area contributed by atoms with Crippen molar-refractivity contribution in [1.29, 1.82) is 0 Å². The third-order valence-corrected chi connectivity index (χ3v) is 6.02. The van der Waals surface area contributed by atoms with E-state index in [2.05, 4.69) is 10.5 Å². The van der Waals surface area contributed by atoms with Gasteiger partial charge in [-0.1, -0.05) is 16.8 Å². The molecule has 0 bridgehead atoms. The first kappa shape index (κ1) is 17.0. The molecule has 0 spiro atoms. The summed E-state index contributed by atoms with van der Waals surface area (Å²) < 4.78 is 29.5. The number of nitrogens with zero attached hydrogens (tertiary/aromatic N) is 1. The number of nitrogens with one attached hydrogen (secondary N) is 1. The molecule has 128 valence electrons. The smallest absolute Gasteiger partial charge is 0.234 e. The molecule has 1 heterocycles. The molecule has 0 atom stereocenters. The predicted molar refractivity (Wildman–Crippen MR) is 89.9 cm³/mol. The summed E-state index contributed by atoms with van der Waals surface area (Å²) in [6.45, 7) is 0.